The summed E-state index contributed by atoms with van der Waals surface area (Å²) in [5, 5.41) is 9.19. The molecule has 1 saturated carbocycles. The smallest absolute Gasteiger partial charge is 0.306 e. The van der Waals surface area contributed by atoms with E-state index in [1.54, 1.807) is 6.92 Å². The van der Waals surface area contributed by atoms with Crippen LogP contribution in [0.1, 0.15) is 39.0 Å². The molecule has 0 aromatic rings. The monoisotopic (exact) mass is 239 g/mol. The van der Waals surface area contributed by atoms with Crippen LogP contribution >= 0.6 is 0 Å². The predicted octanol–water partition coefficient (Wildman–Crippen LogP) is 1.75. The summed E-state index contributed by atoms with van der Waals surface area (Å²) in [6, 6.07) is 0. The molecule has 2 fully saturated rings. The van der Waals surface area contributed by atoms with E-state index in [2.05, 4.69) is 0 Å². The van der Waals surface area contributed by atoms with Gasteiger partial charge < -0.3 is 10.0 Å². The van der Waals surface area contributed by atoms with Crippen LogP contribution in [0.25, 0.3) is 0 Å². The van der Waals surface area contributed by atoms with Gasteiger partial charge in [0.25, 0.3) is 0 Å². The first kappa shape index (κ1) is 12.4. The lowest BCUT2D eigenvalue weighted by molar-refractivity contribution is -0.144. The second-order valence-corrected chi connectivity index (χ2v) is 5.38. The Balaban J connectivity index is 1.92. The maximum absolute atomic E-state index is 11.2. The molecular formula is C13H21NO3. The van der Waals surface area contributed by atoms with Crippen LogP contribution in [-0.2, 0) is 9.59 Å². The number of carboxylic acids is 1. The molecule has 2 aliphatic rings. The van der Waals surface area contributed by atoms with Gasteiger partial charge in [-0.25, -0.2) is 0 Å². The molecular weight excluding hydrogens is 218 g/mol. The van der Waals surface area contributed by atoms with E-state index in [0.717, 1.165) is 45.2 Å². The van der Waals surface area contributed by atoms with Crippen LogP contribution in [0.4, 0.5) is 0 Å². The van der Waals surface area contributed by atoms with Crippen molar-refractivity contribution in [1.82, 2.24) is 4.90 Å². The van der Waals surface area contributed by atoms with Crippen LogP contribution in [0.3, 0.4) is 0 Å². The second-order valence-electron chi connectivity index (χ2n) is 5.38. The van der Waals surface area contributed by atoms with E-state index in [9.17, 15) is 14.7 Å². The van der Waals surface area contributed by atoms with Gasteiger partial charge in [-0.2, -0.15) is 0 Å². The minimum Gasteiger partial charge on any atom is -0.481 e. The summed E-state index contributed by atoms with van der Waals surface area (Å²) in [7, 11) is 0. The van der Waals surface area contributed by atoms with Gasteiger partial charge in [-0.3, -0.25) is 9.59 Å². The minimum atomic E-state index is -0.624. The number of carboxylic acid groups (broad SMARTS) is 1. The number of amides is 1. The third-order valence-corrected chi connectivity index (χ3v) is 4.48. The quantitative estimate of drug-likeness (QED) is 0.798. The van der Waals surface area contributed by atoms with E-state index < -0.39 is 5.97 Å². The summed E-state index contributed by atoms with van der Waals surface area (Å²) in [5.74, 6) is 0.242. The van der Waals surface area contributed by atoms with Crippen molar-refractivity contribution in [3.63, 3.8) is 0 Å². The molecule has 1 amide bonds. The van der Waals surface area contributed by atoms with E-state index in [1.807, 2.05) is 4.90 Å². The number of piperidine rings is 1. The molecule has 2 atom stereocenters. The Bertz CT molecular complexity index is 308. The molecule has 0 radical (unpaired) electrons. The molecule has 0 bridgehead atoms. The maximum atomic E-state index is 11.2. The summed E-state index contributed by atoms with van der Waals surface area (Å²) >= 11 is 0. The number of carbonyl (C=O) groups is 2. The van der Waals surface area contributed by atoms with Crippen LogP contribution in [0.15, 0.2) is 0 Å². The van der Waals surface area contributed by atoms with Gasteiger partial charge in [0.15, 0.2) is 0 Å². The lowest BCUT2D eigenvalue weighted by Crippen LogP contribution is -2.40. The van der Waals surface area contributed by atoms with Crippen molar-refractivity contribution in [3.8, 4) is 0 Å². The highest BCUT2D eigenvalue weighted by Gasteiger charge is 2.39. The van der Waals surface area contributed by atoms with Crippen molar-refractivity contribution in [2.75, 3.05) is 13.1 Å². The average Bonchev–Trinajstić information content (AvgIpc) is 2.78. The Morgan fingerprint density at radius 1 is 1.12 bits per heavy atom. The van der Waals surface area contributed by atoms with Crippen LogP contribution in [-0.4, -0.2) is 35.0 Å². The number of likely N-dealkylation sites (tertiary alicyclic amines) is 1. The Kier molecular flexibility index (Phi) is 3.69. The summed E-state index contributed by atoms with van der Waals surface area (Å²) in [4.78, 5) is 24.3. The van der Waals surface area contributed by atoms with Gasteiger partial charge in [0.2, 0.25) is 5.91 Å². The number of aliphatic carboxylic acids is 1. The van der Waals surface area contributed by atoms with Crippen molar-refractivity contribution in [2.24, 2.45) is 17.8 Å². The summed E-state index contributed by atoms with van der Waals surface area (Å²) in [6.45, 7) is 3.22. The molecule has 2 unspecified atom stereocenters. The molecule has 0 aromatic heterocycles. The van der Waals surface area contributed by atoms with Crippen LogP contribution in [0.5, 0.6) is 0 Å². The Morgan fingerprint density at radius 3 is 2.29 bits per heavy atom. The van der Waals surface area contributed by atoms with Gasteiger partial charge in [-0.05, 0) is 37.5 Å². The van der Waals surface area contributed by atoms with Gasteiger partial charge in [-0.15, -0.1) is 0 Å². The van der Waals surface area contributed by atoms with Crippen molar-refractivity contribution < 1.29 is 14.7 Å². The van der Waals surface area contributed by atoms with Gasteiger partial charge in [0.1, 0.15) is 0 Å². The lowest BCUT2D eigenvalue weighted by atomic mass is 9.78. The number of nitrogens with zero attached hydrogens (tertiary/aromatic N) is 1. The number of hydrogen-bond acceptors (Lipinski definition) is 2. The summed E-state index contributed by atoms with van der Waals surface area (Å²) < 4.78 is 0. The molecule has 2 rings (SSSR count). The molecule has 96 valence electrons. The van der Waals surface area contributed by atoms with E-state index in [0.29, 0.717) is 11.8 Å². The van der Waals surface area contributed by atoms with Crippen molar-refractivity contribution in [3.05, 3.63) is 0 Å². The van der Waals surface area contributed by atoms with E-state index in [1.165, 1.54) is 0 Å². The second kappa shape index (κ2) is 5.07. The first-order chi connectivity index (χ1) is 8.09. The van der Waals surface area contributed by atoms with Crippen molar-refractivity contribution in [1.29, 1.82) is 0 Å². The van der Waals surface area contributed by atoms with Crippen LogP contribution in [0.2, 0.25) is 0 Å². The van der Waals surface area contributed by atoms with E-state index in [-0.39, 0.29) is 11.8 Å². The van der Waals surface area contributed by atoms with E-state index >= 15 is 0 Å². The molecule has 4 heteroatoms. The van der Waals surface area contributed by atoms with E-state index in [4.69, 9.17) is 0 Å². The zero-order valence-electron chi connectivity index (χ0n) is 10.4. The molecule has 1 saturated heterocycles. The molecule has 1 aliphatic carbocycles. The lowest BCUT2D eigenvalue weighted by Gasteiger charge is -2.35. The highest BCUT2D eigenvalue weighted by Crippen LogP contribution is 2.41. The number of hydrogen-bond donors (Lipinski definition) is 1. The fourth-order valence-corrected chi connectivity index (χ4v) is 3.50. The third-order valence-electron chi connectivity index (χ3n) is 4.48. The van der Waals surface area contributed by atoms with Gasteiger partial charge in [-0.1, -0.05) is 6.42 Å². The predicted molar refractivity (Wildman–Crippen MR) is 63.4 cm³/mol. The Morgan fingerprint density at radius 2 is 1.76 bits per heavy atom. The molecule has 4 nitrogen and oxygen atoms in total. The molecule has 1 N–H and O–H groups in total. The number of rotatable bonds is 2. The first-order valence-electron chi connectivity index (χ1n) is 6.58. The molecule has 0 spiro atoms. The fourth-order valence-electron chi connectivity index (χ4n) is 3.50. The molecule has 1 heterocycles. The van der Waals surface area contributed by atoms with Crippen molar-refractivity contribution >= 4 is 11.9 Å². The first-order valence-corrected chi connectivity index (χ1v) is 6.58. The maximum Gasteiger partial charge on any atom is 0.306 e. The molecule has 1 aliphatic heterocycles. The number of carbonyl (C=O) groups excluding carboxylic acids is 1. The Hall–Kier alpha value is -1.06. The van der Waals surface area contributed by atoms with Crippen LogP contribution < -0.4 is 0 Å². The minimum absolute atomic E-state index is 0.135. The topological polar surface area (TPSA) is 57.6 Å². The average molecular weight is 239 g/mol. The van der Waals surface area contributed by atoms with Gasteiger partial charge >= 0.3 is 5.97 Å². The standard InChI is InChI=1S/C13H21NO3/c1-9(15)14-7-5-10(6-8-14)11-3-2-4-12(11)13(16)17/h10-12H,2-8H2,1H3,(H,16,17). The molecule has 0 aromatic carbocycles. The summed E-state index contributed by atoms with van der Waals surface area (Å²) in [5.41, 5.74) is 0. The van der Waals surface area contributed by atoms with Gasteiger partial charge in [0.05, 0.1) is 5.92 Å². The normalized spacial score (nSPS) is 30.5. The SMILES string of the molecule is CC(=O)N1CCC(C2CCCC2C(=O)O)CC1. The zero-order valence-corrected chi connectivity index (χ0v) is 10.4. The highest BCUT2D eigenvalue weighted by molar-refractivity contribution is 5.73. The van der Waals surface area contributed by atoms with Gasteiger partial charge in [0, 0.05) is 20.0 Å². The Labute approximate surface area is 102 Å². The zero-order chi connectivity index (χ0) is 12.4. The van der Waals surface area contributed by atoms with Crippen molar-refractivity contribution in [2.45, 2.75) is 39.0 Å². The molecule has 17 heavy (non-hydrogen) atoms. The largest absolute Gasteiger partial charge is 0.481 e. The van der Waals surface area contributed by atoms with Crippen LogP contribution in [0, 0.1) is 17.8 Å². The summed E-state index contributed by atoms with van der Waals surface area (Å²) in [6.07, 6.45) is 4.91. The highest BCUT2D eigenvalue weighted by atomic mass is 16.4. The third kappa shape index (κ3) is 2.61. The fraction of sp³-hybridized carbons (Fsp3) is 0.846.